The van der Waals surface area contributed by atoms with Gasteiger partial charge in [-0.3, -0.25) is 4.98 Å². The van der Waals surface area contributed by atoms with Crippen LogP contribution in [0.1, 0.15) is 25.8 Å². The number of fused-ring (bicyclic) bond motifs is 1. The molecule has 0 saturated carbocycles. The summed E-state index contributed by atoms with van der Waals surface area (Å²) in [6, 6.07) is 14.2. The van der Waals surface area contributed by atoms with Gasteiger partial charge in [-0.15, -0.1) is 0 Å². The van der Waals surface area contributed by atoms with E-state index in [4.69, 9.17) is 7.85 Å². The van der Waals surface area contributed by atoms with E-state index in [1.165, 1.54) is 0 Å². The molecule has 2 radical (unpaired) electrons. The Bertz CT molecular complexity index is 1100. The van der Waals surface area contributed by atoms with Crippen molar-refractivity contribution in [3.63, 3.8) is 0 Å². The summed E-state index contributed by atoms with van der Waals surface area (Å²) in [7, 11) is 7.96. The van der Waals surface area contributed by atoms with Crippen molar-refractivity contribution in [3.05, 3.63) is 60.4 Å². The van der Waals surface area contributed by atoms with Gasteiger partial charge in [0.2, 0.25) is 11.9 Å². The van der Waals surface area contributed by atoms with Crippen LogP contribution in [0.25, 0.3) is 16.9 Å². The molecule has 164 valence electrons. The average molecular weight is 428 g/mol. The molecule has 8 nitrogen and oxygen atoms in total. The summed E-state index contributed by atoms with van der Waals surface area (Å²) in [4.78, 5) is 13.4. The van der Waals surface area contributed by atoms with Gasteiger partial charge in [0, 0.05) is 31.0 Å². The van der Waals surface area contributed by atoms with Crippen molar-refractivity contribution in [1.82, 2.24) is 29.9 Å². The largest absolute Gasteiger partial charge is 0.354 e. The lowest BCUT2D eigenvalue weighted by atomic mass is 10.0. The third kappa shape index (κ3) is 5.82. The molecule has 1 aromatic carbocycles. The van der Waals surface area contributed by atoms with E-state index in [9.17, 15) is 0 Å². The Balaban J connectivity index is 0.00000141. The number of hydrogen-bond donors (Lipinski definition) is 3. The molecule has 0 spiro atoms. The van der Waals surface area contributed by atoms with E-state index in [2.05, 4.69) is 60.3 Å². The maximum atomic E-state index is 6.02. The molecule has 0 aliphatic heterocycles. The second kappa shape index (κ2) is 11.8. The molecule has 0 aliphatic carbocycles. The van der Waals surface area contributed by atoms with Gasteiger partial charge in [-0.2, -0.15) is 19.6 Å². The lowest BCUT2D eigenvalue weighted by Crippen LogP contribution is -2.17. The summed E-state index contributed by atoms with van der Waals surface area (Å²) in [6.45, 7) is 6.27. The first kappa shape index (κ1) is 23.2. The Labute approximate surface area is 190 Å². The van der Waals surface area contributed by atoms with E-state index in [1.54, 1.807) is 16.9 Å². The Morgan fingerprint density at radius 1 is 0.969 bits per heavy atom. The van der Waals surface area contributed by atoms with Crippen molar-refractivity contribution >= 4 is 30.9 Å². The summed E-state index contributed by atoms with van der Waals surface area (Å²) in [5, 5.41) is 14.0. The molecular formula is C23H29BN8. The van der Waals surface area contributed by atoms with Gasteiger partial charge in [-0.1, -0.05) is 44.2 Å². The standard InChI is InChI=1S/C21H23BN8.C2H6/c1-23-10-4-12-25-20-28-19-17(22)14-27-30(19)21(29-20)26-13-15-6-8-16(9-7-15)18-5-2-3-11-24-18;1-2/h2-3,5-9,11,14,23H,4,10,12-13H2,1H3,(H2,25,26,28,29);1-2H3. The summed E-state index contributed by atoms with van der Waals surface area (Å²) in [5.74, 6) is 1.11. The molecule has 0 aliphatic rings. The van der Waals surface area contributed by atoms with Crippen LogP contribution in [-0.4, -0.2) is 52.5 Å². The molecule has 4 aromatic rings. The fraction of sp³-hybridized carbons (Fsp3) is 0.304. The predicted octanol–water partition coefficient (Wildman–Crippen LogP) is 2.64. The van der Waals surface area contributed by atoms with Gasteiger partial charge in [0.15, 0.2) is 5.65 Å². The van der Waals surface area contributed by atoms with Crippen LogP contribution in [-0.2, 0) is 6.54 Å². The van der Waals surface area contributed by atoms with E-state index in [0.717, 1.165) is 36.3 Å². The smallest absolute Gasteiger partial charge is 0.229 e. The first-order valence-electron chi connectivity index (χ1n) is 10.9. The monoisotopic (exact) mass is 428 g/mol. The van der Waals surface area contributed by atoms with Crippen molar-refractivity contribution in [2.45, 2.75) is 26.8 Å². The molecule has 0 saturated heterocycles. The number of nitrogens with one attached hydrogen (secondary N) is 3. The van der Waals surface area contributed by atoms with Crippen LogP contribution in [0, 0.1) is 0 Å². The van der Waals surface area contributed by atoms with Crippen molar-refractivity contribution in [1.29, 1.82) is 0 Å². The maximum Gasteiger partial charge on any atom is 0.229 e. The van der Waals surface area contributed by atoms with Gasteiger partial charge in [-0.25, -0.2) is 0 Å². The molecule has 0 unspecified atom stereocenters. The van der Waals surface area contributed by atoms with Crippen LogP contribution in [0.15, 0.2) is 54.9 Å². The first-order chi connectivity index (χ1) is 15.7. The quantitative estimate of drug-likeness (QED) is 0.279. The molecule has 3 heterocycles. The highest BCUT2D eigenvalue weighted by molar-refractivity contribution is 6.36. The topological polar surface area (TPSA) is 92.1 Å². The minimum Gasteiger partial charge on any atom is -0.354 e. The summed E-state index contributed by atoms with van der Waals surface area (Å²) in [5.41, 5.74) is 4.24. The number of benzene rings is 1. The molecule has 0 amide bonds. The molecule has 0 bridgehead atoms. The van der Waals surface area contributed by atoms with Gasteiger partial charge in [0.05, 0.1) is 5.69 Å². The fourth-order valence-electron chi connectivity index (χ4n) is 3.06. The van der Waals surface area contributed by atoms with E-state index in [1.807, 2.05) is 39.1 Å². The van der Waals surface area contributed by atoms with Gasteiger partial charge in [-0.05, 0) is 43.2 Å². The van der Waals surface area contributed by atoms with Crippen molar-refractivity contribution in [2.75, 3.05) is 30.8 Å². The highest BCUT2D eigenvalue weighted by Gasteiger charge is 2.10. The average Bonchev–Trinajstić information content (AvgIpc) is 3.23. The zero-order chi connectivity index (χ0) is 22.8. The first-order valence-corrected chi connectivity index (χ1v) is 10.9. The normalized spacial score (nSPS) is 10.5. The van der Waals surface area contributed by atoms with E-state index < -0.39 is 0 Å². The Morgan fingerprint density at radius 2 is 1.78 bits per heavy atom. The summed E-state index contributed by atoms with van der Waals surface area (Å²) in [6.07, 6.45) is 4.35. The third-order valence-corrected chi connectivity index (χ3v) is 4.65. The number of rotatable bonds is 9. The summed E-state index contributed by atoms with van der Waals surface area (Å²) >= 11 is 0. The van der Waals surface area contributed by atoms with Gasteiger partial charge in [0.1, 0.15) is 7.85 Å². The highest BCUT2D eigenvalue weighted by Crippen LogP contribution is 2.18. The lowest BCUT2D eigenvalue weighted by Gasteiger charge is -2.11. The molecule has 3 aromatic heterocycles. The second-order valence-corrected chi connectivity index (χ2v) is 6.86. The van der Waals surface area contributed by atoms with Gasteiger partial charge in [0.25, 0.3) is 0 Å². The maximum absolute atomic E-state index is 6.02. The molecular weight excluding hydrogens is 399 g/mol. The molecule has 0 atom stereocenters. The van der Waals surface area contributed by atoms with Crippen molar-refractivity contribution in [2.24, 2.45) is 0 Å². The highest BCUT2D eigenvalue weighted by atomic mass is 15.4. The number of anilines is 2. The number of hydrogen-bond acceptors (Lipinski definition) is 7. The minimum absolute atomic E-state index is 0.512. The number of aromatic nitrogens is 5. The molecule has 0 fully saturated rings. The minimum atomic E-state index is 0.512. The third-order valence-electron chi connectivity index (χ3n) is 4.65. The fourth-order valence-corrected chi connectivity index (χ4v) is 3.06. The van der Waals surface area contributed by atoms with Crippen molar-refractivity contribution in [3.8, 4) is 11.3 Å². The Morgan fingerprint density at radius 3 is 2.50 bits per heavy atom. The Hall–Kier alpha value is -3.46. The summed E-state index contributed by atoms with van der Waals surface area (Å²) < 4.78 is 1.62. The van der Waals surface area contributed by atoms with Crippen LogP contribution in [0.3, 0.4) is 0 Å². The molecule has 4 rings (SSSR count). The Kier molecular flexibility index (Phi) is 8.56. The van der Waals surface area contributed by atoms with E-state index >= 15 is 0 Å². The molecule has 32 heavy (non-hydrogen) atoms. The van der Waals surface area contributed by atoms with E-state index in [-0.39, 0.29) is 0 Å². The predicted molar refractivity (Wildman–Crippen MR) is 132 cm³/mol. The van der Waals surface area contributed by atoms with Crippen molar-refractivity contribution < 1.29 is 0 Å². The zero-order valence-corrected chi connectivity index (χ0v) is 18.8. The molecule has 9 heteroatoms. The van der Waals surface area contributed by atoms with Crippen LogP contribution in [0.5, 0.6) is 0 Å². The molecule has 3 N–H and O–H groups in total. The second-order valence-electron chi connectivity index (χ2n) is 6.86. The number of nitrogens with zero attached hydrogens (tertiary/aromatic N) is 5. The van der Waals surface area contributed by atoms with Crippen LogP contribution >= 0.6 is 0 Å². The van der Waals surface area contributed by atoms with Gasteiger partial charge >= 0.3 is 0 Å². The lowest BCUT2D eigenvalue weighted by molar-refractivity contribution is 0.744. The van der Waals surface area contributed by atoms with Crippen LogP contribution in [0.4, 0.5) is 11.9 Å². The van der Waals surface area contributed by atoms with E-state index in [0.29, 0.717) is 29.6 Å². The number of pyridine rings is 1. The van der Waals surface area contributed by atoms with Crippen LogP contribution < -0.4 is 21.4 Å². The van der Waals surface area contributed by atoms with Crippen LogP contribution in [0.2, 0.25) is 0 Å². The van der Waals surface area contributed by atoms with Gasteiger partial charge < -0.3 is 16.0 Å². The SMILES string of the molecule is CC.[B]c1cnn2c(NCc3ccc(-c4ccccn4)cc3)nc(NCCCNC)nc12. The zero-order valence-electron chi connectivity index (χ0n) is 18.8.